The van der Waals surface area contributed by atoms with Crippen LogP contribution in [0.15, 0.2) is 0 Å². The molecule has 0 aromatic carbocycles. The fourth-order valence-electron chi connectivity index (χ4n) is 0.795. The first-order valence-electron chi connectivity index (χ1n) is 3.37. The van der Waals surface area contributed by atoms with Crippen LogP contribution in [-0.2, 0) is 0 Å². The Labute approximate surface area is 60.0 Å². The van der Waals surface area contributed by atoms with Crippen LogP contribution in [0.2, 0.25) is 0 Å². The first kappa shape index (κ1) is 9.36. The summed E-state index contributed by atoms with van der Waals surface area (Å²) in [6.07, 6.45) is 0.651. The van der Waals surface area contributed by atoms with E-state index in [1.54, 1.807) is 0 Å². The third-order valence-corrected chi connectivity index (χ3v) is 1.77. The third-order valence-electron chi connectivity index (χ3n) is 1.77. The van der Waals surface area contributed by atoms with E-state index in [9.17, 15) is 10.1 Å². The molecule has 0 aliphatic carbocycles. The molecule has 2 atom stereocenters. The number of aliphatic hydroxyl groups is 1. The number of hydrogen-bond donors (Lipinski definition) is 1. The van der Waals surface area contributed by atoms with Crippen LogP contribution in [0.25, 0.3) is 0 Å². The maximum atomic E-state index is 10.2. The van der Waals surface area contributed by atoms with E-state index in [2.05, 4.69) is 0 Å². The van der Waals surface area contributed by atoms with Crippen LogP contribution in [0.4, 0.5) is 0 Å². The van der Waals surface area contributed by atoms with E-state index in [-0.39, 0.29) is 17.4 Å². The lowest BCUT2D eigenvalue weighted by Gasteiger charge is -2.11. The average Bonchev–Trinajstić information content (AvgIpc) is 1.90. The molecule has 0 amide bonds. The van der Waals surface area contributed by atoms with Crippen molar-refractivity contribution in [2.24, 2.45) is 5.92 Å². The van der Waals surface area contributed by atoms with E-state index in [4.69, 9.17) is 5.11 Å². The highest BCUT2D eigenvalue weighted by atomic mass is 16.6. The molecule has 0 saturated carbocycles. The van der Waals surface area contributed by atoms with E-state index < -0.39 is 6.04 Å². The van der Waals surface area contributed by atoms with Crippen molar-refractivity contribution in [2.45, 2.75) is 26.3 Å². The van der Waals surface area contributed by atoms with Crippen LogP contribution >= 0.6 is 0 Å². The molecule has 4 heteroatoms. The van der Waals surface area contributed by atoms with Gasteiger partial charge in [0.1, 0.15) is 0 Å². The molecule has 2 unspecified atom stereocenters. The minimum Gasteiger partial charge on any atom is -0.396 e. The predicted molar refractivity (Wildman–Crippen MR) is 37.3 cm³/mol. The molecule has 0 aliphatic heterocycles. The quantitative estimate of drug-likeness (QED) is 0.469. The molecular formula is C6H13NO3. The van der Waals surface area contributed by atoms with Gasteiger partial charge < -0.3 is 5.11 Å². The molecular weight excluding hydrogens is 134 g/mol. The van der Waals surface area contributed by atoms with Crippen LogP contribution in [0.3, 0.4) is 0 Å². The van der Waals surface area contributed by atoms with Crippen LogP contribution in [0.5, 0.6) is 0 Å². The maximum absolute atomic E-state index is 10.2. The second kappa shape index (κ2) is 4.22. The number of aliphatic hydroxyl groups excluding tert-OH is 1. The van der Waals surface area contributed by atoms with Gasteiger partial charge in [0.2, 0.25) is 6.04 Å². The minimum atomic E-state index is -0.630. The second-order valence-electron chi connectivity index (χ2n) is 2.38. The molecule has 1 N–H and O–H groups in total. The first-order chi connectivity index (χ1) is 4.63. The van der Waals surface area contributed by atoms with Crippen LogP contribution in [0, 0.1) is 16.0 Å². The van der Waals surface area contributed by atoms with Gasteiger partial charge in [0.15, 0.2) is 0 Å². The summed E-state index contributed by atoms with van der Waals surface area (Å²) in [6.45, 7) is 3.25. The van der Waals surface area contributed by atoms with Crippen LogP contribution < -0.4 is 0 Å². The molecule has 0 fully saturated rings. The Morgan fingerprint density at radius 2 is 2.20 bits per heavy atom. The van der Waals surface area contributed by atoms with Crippen molar-refractivity contribution in [3.63, 3.8) is 0 Å². The Kier molecular flexibility index (Phi) is 3.95. The van der Waals surface area contributed by atoms with Crippen molar-refractivity contribution >= 4 is 0 Å². The van der Waals surface area contributed by atoms with Crippen molar-refractivity contribution < 1.29 is 10.0 Å². The molecule has 0 aromatic heterocycles. The number of nitrogens with zero attached hydrogens (tertiary/aromatic N) is 1. The van der Waals surface area contributed by atoms with Gasteiger partial charge in [-0.05, 0) is 6.42 Å². The predicted octanol–water partition coefficient (Wildman–Crippen LogP) is 0.670. The van der Waals surface area contributed by atoms with Gasteiger partial charge in [-0.1, -0.05) is 6.92 Å². The molecule has 0 heterocycles. The van der Waals surface area contributed by atoms with Crippen molar-refractivity contribution in [3.8, 4) is 0 Å². The van der Waals surface area contributed by atoms with E-state index in [1.807, 2.05) is 6.92 Å². The van der Waals surface area contributed by atoms with Gasteiger partial charge in [-0.15, -0.1) is 0 Å². The van der Waals surface area contributed by atoms with Gasteiger partial charge in [-0.2, -0.15) is 0 Å². The highest BCUT2D eigenvalue weighted by Crippen LogP contribution is 2.09. The van der Waals surface area contributed by atoms with Gasteiger partial charge in [-0.3, -0.25) is 10.1 Å². The second-order valence-corrected chi connectivity index (χ2v) is 2.38. The fourth-order valence-corrected chi connectivity index (χ4v) is 0.795. The largest absolute Gasteiger partial charge is 0.396 e. The standard InChI is InChI=1S/C6H13NO3/c1-3-6(4-8)5(2)7(9)10/h5-6,8H,3-4H2,1-2H3. The third kappa shape index (κ3) is 2.31. The molecule has 0 bridgehead atoms. The van der Waals surface area contributed by atoms with Gasteiger partial charge in [-0.25, -0.2) is 0 Å². The summed E-state index contributed by atoms with van der Waals surface area (Å²) in [7, 11) is 0. The van der Waals surface area contributed by atoms with Gasteiger partial charge in [0.25, 0.3) is 0 Å². The van der Waals surface area contributed by atoms with E-state index >= 15 is 0 Å². The average molecular weight is 147 g/mol. The van der Waals surface area contributed by atoms with E-state index in [0.29, 0.717) is 6.42 Å². The van der Waals surface area contributed by atoms with Crippen molar-refractivity contribution in [1.29, 1.82) is 0 Å². The van der Waals surface area contributed by atoms with Crippen molar-refractivity contribution in [1.82, 2.24) is 0 Å². The zero-order valence-electron chi connectivity index (χ0n) is 6.28. The van der Waals surface area contributed by atoms with Gasteiger partial charge >= 0.3 is 0 Å². The van der Waals surface area contributed by atoms with Gasteiger partial charge in [0, 0.05) is 17.8 Å². The monoisotopic (exact) mass is 147 g/mol. The maximum Gasteiger partial charge on any atom is 0.215 e. The van der Waals surface area contributed by atoms with Crippen molar-refractivity contribution in [3.05, 3.63) is 10.1 Å². The van der Waals surface area contributed by atoms with Crippen LogP contribution in [0.1, 0.15) is 20.3 Å². The molecule has 0 saturated heterocycles. The summed E-state index contributed by atoms with van der Waals surface area (Å²) in [5, 5.41) is 18.8. The SMILES string of the molecule is CCC(CO)C(C)[N+](=O)[O-]. The number of rotatable bonds is 4. The molecule has 0 spiro atoms. The lowest BCUT2D eigenvalue weighted by atomic mass is 10.0. The minimum absolute atomic E-state index is 0.0986. The Morgan fingerprint density at radius 1 is 1.70 bits per heavy atom. The Balaban J connectivity index is 3.88. The first-order valence-corrected chi connectivity index (χ1v) is 3.37. The smallest absolute Gasteiger partial charge is 0.215 e. The zero-order valence-corrected chi connectivity index (χ0v) is 6.28. The zero-order chi connectivity index (χ0) is 8.15. The molecule has 0 rings (SSSR count). The summed E-state index contributed by atoms with van der Waals surface area (Å²) in [5.41, 5.74) is 0. The molecule has 0 aromatic rings. The topological polar surface area (TPSA) is 63.4 Å². The normalized spacial score (nSPS) is 16.3. The summed E-state index contributed by atoms with van der Waals surface area (Å²) < 4.78 is 0. The Hall–Kier alpha value is -0.640. The van der Waals surface area contributed by atoms with Crippen molar-refractivity contribution in [2.75, 3.05) is 6.61 Å². The Morgan fingerprint density at radius 3 is 2.30 bits per heavy atom. The lowest BCUT2D eigenvalue weighted by Crippen LogP contribution is -2.27. The fraction of sp³-hybridized carbons (Fsp3) is 1.00. The van der Waals surface area contributed by atoms with E-state index in [0.717, 1.165) is 0 Å². The highest BCUT2D eigenvalue weighted by Gasteiger charge is 2.23. The molecule has 0 aliphatic rings. The van der Waals surface area contributed by atoms with Crippen LogP contribution in [-0.4, -0.2) is 22.7 Å². The highest BCUT2D eigenvalue weighted by molar-refractivity contribution is 4.61. The summed E-state index contributed by atoms with van der Waals surface area (Å²) in [5.74, 6) is -0.199. The summed E-state index contributed by atoms with van der Waals surface area (Å²) in [6, 6.07) is -0.630. The van der Waals surface area contributed by atoms with Gasteiger partial charge in [0.05, 0.1) is 6.61 Å². The number of nitro groups is 1. The molecule has 0 radical (unpaired) electrons. The van der Waals surface area contributed by atoms with E-state index in [1.165, 1.54) is 6.92 Å². The number of hydrogen-bond acceptors (Lipinski definition) is 3. The lowest BCUT2D eigenvalue weighted by molar-refractivity contribution is -0.528. The summed E-state index contributed by atoms with van der Waals surface area (Å²) in [4.78, 5) is 9.80. The molecule has 60 valence electrons. The molecule has 4 nitrogen and oxygen atoms in total. The molecule has 10 heavy (non-hydrogen) atoms. The summed E-state index contributed by atoms with van der Waals surface area (Å²) >= 11 is 0. The Bertz CT molecular complexity index is 112.